The molecule has 3 aliphatic carbocycles. The minimum Gasteiger partial charge on any atom is -0.298 e. The molecule has 0 aliphatic heterocycles. The van der Waals surface area contributed by atoms with Crippen LogP contribution in [0.1, 0.15) is 52.0 Å². The number of ketones is 2. The quantitative estimate of drug-likeness (QED) is 0.692. The van der Waals surface area contributed by atoms with E-state index in [1.807, 2.05) is 48.6 Å². The summed E-state index contributed by atoms with van der Waals surface area (Å²) in [6.45, 7) is 6.86. The molecule has 0 saturated heterocycles. The summed E-state index contributed by atoms with van der Waals surface area (Å²) in [7, 11) is 0. The van der Waals surface area contributed by atoms with Gasteiger partial charge < -0.3 is 0 Å². The Balaban J connectivity index is 1.84. The number of benzene rings is 1. The van der Waals surface area contributed by atoms with Crippen molar-refractivity contribution in [3.63, 3.8) is 0 Å². The summed E-state index contributed by atoms with van der Waals surface area (Å²) in [5, 5.41) is 0. The van der Waals surface area contributed by atoms with Gasteiger partial charge in [0.15, 0.2) is 11.6 Å². The van der Waals surface area contributed by atoms with Crippen molar-refractivity contribution in [2.75, 3.05) is 0 Å². The van der Waals surface area contributed by atoms with Gasteiger partial charge in [-0.15, -0.1) is 0 Å². The van der Waals surface area contributed by atoms with Crippen LogP contribution in [-0.2, 0) is 9.59 Å². The van der Waals surface area contributed by atoms with Crippen LogP contribution in [0.3, 0.4) is 0 Å². The maximum Gasteiger partial charge on any atom is 0.178 e. The summed E-state index contributed by atoms with van der Waals surface area (Å²) in [6, 6.07) is 10.1. The molecule has 0 aromatic heterocycles. The molecule has 27 heavy (non-hydrogen) atoms. The first kappa shape index (κ1) is 18.2. The fraction of sp³-hybridized carbons (Fsp3) is 0.440. The highest BCUT2D eigenvalue weighted by Crippen LogP contribution is 2.64. The first-order valence-corrected chi connectivity index (χ1v) is 10.0. The number of carbonyl (C=O) groups excluding carboxylic acids is 2. The highest BCUT2D eigenvalue weighted by atomic mass is 16.1. The molecule has 4 rings (SSSR count). The second-order valence-electron chi connectivity index (χ2n) is 9.35. The fourth-order valence-corrected chi connectivity index (χ4v) is 5.82. The molecule has 140 valence electrons. The van der Waals surface area contributed by atoms with E-state index in [1.165, 1.54) is 0 Å². The lowest BCUT2D eigenvalue weighted by Crippen LogP contribution is -2.54. The molecule has 1 aromatic rings. The zero-order valence-electron chi connectivity index (χ0n) is 16.5. The number of allylic oxidation sites excluding steroid dienone is 5. The monoisotopic (exact) mass is 360 g/mol. The molecule has 0 radical (unpaired) electrons. The van der Waals surface area contributed by atoms with Gasteiger partial charge in [-0.2, -0.15) is 0 Å². The van der Waals surface area contributed by atoms with Gasteiger partial charge in [0.25, 0.3) is 0 Å². The van der Waals surface area contributed by atoms with Crippen LogP contribution in [0.15, 0.2) is 60.2 Å². The first-order chi connectivity index (χ1) is 12.8. The van der Waals surface area contributed by atoms with Crippen molar-refractivity contribution in [1.29, 1.82) is 0 Å². The number of hydrogen-bond donors (Lipinski definition) is 0. The molecule has 3 atom stereocenters. The molecule has 1 aromatic carbocycles. The molecule has 3 unspecified atom stereocenters. The third-order valence-corrected chi connectivity index (χ3v) is 7.28. The van der Waals surface area contributed by atoms with E-state index in [2.05, 4.69) is 20.8 Å². The van der Waals surface area contributed by atoms with Crippen molar-refractivity contribution in [1.82, 2.24) is 0 Å². The highest BCUT2D eigenvalue weighted by Gasteiger charge is 2.59. The SMILES string of the molecule is CC1(C)CCCC2(C)C3=CC(=O)C=CC3(/C=C/c3ccccc3)C(=O)CC12. The fourth-order valence-electron chi connectivity index (χ4n) is 5.82. The number of hydrogen-bond acceptors (Lipinski definition) is 2. The van der Waals surface area contributed by atoms with Crippen LogP contribution in [0.25, 0.3) is 6.08 Å². The predicted molar refractivity (Wildman–Crippen MR) is 109 cm³/mol. The molecular weight excluding hydrogens is 332 g/mol. The Kier molecular flexibility index (Phi) is 4.14. The zero-order valence-corrected chi connectivity index (χ0v) is 16.5. The van der Waals surface area contributed by atoms with Gasteiger partial charge in [-0.05, 0) is 52.9 Å². The number of carbonyl (C=O) groups is 2. The topological polar surface area (TPSA) is 34.1 Å². The molecule has 0 heterocycles. The lowest BCUT2D eigenvalue weighted by atomic mass is 9.44. The van der Waals surface area contributed by atoms with E-state index in [4.69, 9.17) is 0 Å². The smallest absolute Gasteiger partial charge is 0.178 e. The first-order valence-electron chi connectivity index (χ1n) is 10.0. The third-order valence-electron chi connectivity index (χ3n) is 7.28. The number of rotatable bonds is 2. The zero-order chi connectivity index (χ0) is 19.3. The van der Waals surface area contributed by atoms with Crippen LogP contribution >= 0.6 is 0 Å². The van der Waals surface area contributed by atoms with Crippen molar-refractivity contribution in [3.8, 4) is 0 Å². The van der Waals surface area contributed by atoms with E-state index < -0.39 is 5.41 Å². The summed E-state index contributed by atoms with van der Waals surface area (Å²) in [4.78, 5) is 25.8. The maximum absolute atomic E-state index is 13.5. The summed E-state index contributed by atoms with van der Waals surface area (Å²) in [5.74, 6) is 0.518. The van der Waals surface area contributed by atoms with Crippen LogP contribution in [0, 0.1) is 22.2 Å². The van der Waals surface area contributed by atoms with Crippen LogP contribution < -0.4 is 0 Å². The molecule has 3 aliphatic rings. The van der Waals surface area contributed by atoms with E-state index in [0.29, 0.717) is 6.42 Å². The summed E-state index contributed by atoms with van der Waals surface area (Å²) >= 11 is 0. The van der Waals surface area contributed by atoms with Crippen molar-refractivity contribution in [2.24, 2.45) is 22.2 Å². The van der Waals surface area contributed by atoms with Crippen LogP contribution in [0.5, 0.6) is 0 Å². The van der Waals surface area contributed by atoms with Crippen LogP contribution in [0.4, 0.5) is 0 Å². The lowest BCUT2D eigenvalue weighted by Gasteiger charge is -2.58. The molecule has 2 heteroatoms. The molecule has 0 spiro atoms. The Morgan fingerprint density at radius 1 is 1.04 bits per heavy atom. The third kappa shape index (κ3) is 2.77. The number of fused-ring (bicyclic) bond motifs is 3. The minimum absolute atomic E-state index is 0.00629. The summed E-state index contributed by atoms with van der Waals surface area (Å²) in [5.41, 5.74) is 1.31. The Bertz CT molecular complexity index is 871. The molecule has 2 saturated carbocycles. The van der Waals surface area contributed by atoms with Gasteiger partial charge in [0.1, 0.15) is 0 Å². The van der Waals surface area contributed by atoms with Gasteiger partial charge in [-0.1, -0.05) is 75.8 Å². The Labute approximate surface area is 162 Å². The van der Waals surface area contributed by atoms with Gasteiger partial charge in [0, 0.05) is 6.42 Å². The Hall–Kier alpha value is -2.22. The van der Waals surface area contributed by atoms with Gasteiger partial charge >= 0.3 is 0 Å². The maximum atomic E-state index is 13.5. The van der Waals surface area contributed by atoms with E-state index in [0.717, 1.165) is 30.4 Å². The van der Waals surface area contributed by atoms with Crippen LogP contribution in [0.2, 0.25) is 0 Å². The van der Waals surface area contributed by atoms with Gasteiger partial charge in [0.05, 0.1) is 5.41 Å². The van der Waals surface area contributed by atoms with Crippen molar-refractivity contribution in [3.05, 3.63) is 65.8 Å². The van der Waals surface area contributed by atoms with Crippen molar-refractivity contribution in [2.45, 2.75) is 46.5 Å². The summed E-state index contributed by atoms with van der Waals surface area (Å²) < 4.78 is 0. The average Bonchev–Trinajstić information content (AvgIpc) is 2.64. The normalized spacial score (nSPS) is 34.9. The second kappa shape index (κ2) is 6.15. The minimum atomic E-state index is -0.775. The number of Topliss-reactive ketones (excluding diaryl/α,β-unsaturated/α-hetero) is 1. The van der Waals surface area contributed by atoms with E-state index in [9.17, 15) is 9.59 Å². The van der Waals surface area contributed by atoms with E-state index in [1.54, 1.807) is 12.2 Å². The Morgan fingerprint density at radius 3 is 2.52 bits per heavy atom. The molecule has 2 fully saturated rings. The molecule has 0 N–H and O–H groups in total. The average molecular weight is 360 g/mol. The Morgan fingerprint density at radius 2 is 1.78 bits per heavy atom. The van der Waals surface area contributed by atoms with E-state index in [-0.39, 0.29) is 28.3 Å². The largest absolute Gasteiger partial charge is 0.298 e. The molecular formula is C25H28O2. The van der Waals surface area contributed by atoms with Crippen molar-refractivity contribution >= 4 is 17.6 Å². The van der Waals surface area contributed by atoms with Gasteiger partial charge in [-0.3, -0.25) is 9.59 Å². The highest BCUT2D eigenvalue weighted by molar-refractivity contribution is 6.06. The predicted octanol–water partition coefficient (Wildman–Crippen LogP) is 5.56. The standard InChI is InChI=1S/C25H28O2/c1-23(2)12-7-13-24(3)20(23)17-22(27)25(15-11-19(26)16-21(24)25)14-10-18-8-5-4-6-9-18/h4-6,8-11,14-16,20H,7,12-13,17H2,1-3H3/b14-10+. The van der Waals surface area contributed by atoms with Crippen LogP contribution in [-0.4, -0.2) is 11.6 Å². The van der Waals surface area contributed by atoms with Crippen molar-refractivity contribution < 1.29 is 9.59 Å². The molecule has 0 bridgehead atoms. The second-order valence-corrected chi connectivity index (χ2v) is 9.35. The van der Waals surface area contributed by atoms with E-state index >= 15 is 0 Å². The van der Waals surface area contributed by atoms with Gasteiger partial charge in [-0.25, -0.2) is 0 Å². The molecule has 2 nitrogen and oxygen atoms in total. The van der Waals surface area contributed by atoms with Gasteiger partial charge in [0.2, 0.25) is 0 Å². The molecule has 0 amide bonds. The lowest BCUT2D eigenvalue weighted by molar-refractivity contribution is -0.133. The summed E-state index contributed by atoms with van der Waals surface area (Å²) in [6.07, 6.45) is 13.2.